The monoisotopic (exact) mass is 310 g/mol. The number of carbonyl (C=O) groups excluding carboxylic acids is 1. The zero-order valence-electron chi connectivity index (χ0n) is 13.6. The van der Waals surface area contributed by atoms with Gasteiger partial charge in [0.15, 0.2) is 0 Å². The number of amides is 1. The minimum Gasteiger partial charge on any atom is -0.354 e. The van der Waals surface area contributed by atoms with Crippen molar-refractivity contribution in [1.29, 1.82) is 0 Å². The second kappa shape index (κ2) is 6.79. The molecule has 2 heterocycles. The molecule has 5 nitrogen and oxygen atoms in total. The Bertz CT molecular complexity index is 666. The molecule has 120 valence electrons. The van der Waals surface area contributed by atoms with Gasteiger partial charge in [-0.1, -0.05) is 24.3 Å². The summed E-state index contributed by atoms with van der Waals surface area (Å²) in [6, 6.07) is 15.3. The van der Waals surface area contributed by atoms with Gasteiger partial charge < -0.3 is 14.7 Å². The fourth-order valence-electron chi connectivity index (χ4n) is 2.69. The van der Waals surface area contributed by atoms with E-state index in [4.69, 9.17) is 0 Å². The maximum Gasteiger partial charge on any atom is 0.276 e. The van der Waals surface area contributed by atoms with Gasteiger partial charge in [0.25, 0.3) is 5.91 Å². The Morgan fingerprint density at radius 1 is 1.00 bits per heavy atom. The lowest BCUT2D eigenvalue weighted by atomic mass is 10.2. The minimum atomic E-state index is -0.0906. The second-order valence-electron chi connectivity index (χ2n) is 5.87. The SMILES string of the molecule is CN1CCN(c2cccc(C(=O)N(C)c3ccccc3)n2)CC1. The van der Waals surface area contributed by atoms with Crippen molar-refractivity contribution in [1.82, 2.24) is 9.88 Å². The van der Waals surface area contributed by atoms with Gasteiger partial charge in [0.1, 0.15) is 11.5 Å². The number of anilines is 2. The van der Waals surface area contributed by atoms with Gasteiger partial charge in [-0.05, 0) is 31.3 Å². The zero-order chi connectivity index (χ0) is 16.2. The van der Waals surface area contributed by atoms with E-state index in [0.29, 0.717) is 5.69 Å². The maximum atomic E-state index is 12.7. The van der Waals surface area contributed by atoms with Crippen LogP contribution < -0.4 is 9.80 Å². The lowest BCUT2D eigenvalue weighted by Gasteiger charge is -2.33. The summed E-state index contributed by atoms with van der Waals surface area (Å²) in [5, 5.41) is 0. The predicted octanol–water partition coefficient (Wildman–Crippen LogP) is 2.11. The molecule has 1 aliphatic rings. The van der Waals surface area contributed by atoms with Gasteiger partial charge in [0.05, 0.1) is 0 Å². The molecule has 0 atom stereocenters. The van der Waals surface area contributed by atoms with Crippen molar-refractivity contribution in [3.63, 3.8) is 0 Å². The van der Waals surface area contributed by atoms with E-state index in [0.717, 1.165) is 37.7 Å². The molecule has 3 rings (SSSR count). The summed E-state index contributed by atoms with van der Waals surface area (Å²) in [7, 11) is 3.90. The maximum absolute atomic E-state index is 12.7. The standard InChI is InChI=1S/C18H22N4O/c1-20-11-13-22(14-12-20)17-10-6-9-16(19-17)18(23)21(2)15-7-4-3-5-8-15/h3-10H,11-14H2,1-2H3. The fourth-order valence-corrected chi connectivity index (χ4v) is 2.69. The summed E-state index contributed by atoms with van der Waals surface area (Å²) in [6.07, 6.45) is 0. The van der Waals surface area contributed by atoms with Gasteiger partial charge in [0.2, 0.25) is 0 Å². The third-order valence-corrected chi connectivity index (χ3v) is 4.23. The van der Waals surface area contributed by atoms with Gasteiger partial charge in [0, 0.05) is 38.9 Å². The first-order valence-corrected chi connectivity index (χ1v) is 7.89. The molecular weight excluding hydrogens is 288 g/mol. The molecule has 2 aromatic rings. The molecule has 1 aromatic carbocycles. The van der Waals surface area contributed by atoms with Crippen molar-refractivity contribution in [3.8, 4) is 0 Å². The molecule has 0 saturated carbocycles. The number of para-hydroxylation sites is 1. The summed E-state index contributed by atoms with van der Waals surface area (Å²) in [5.74, 6) is 0.789. The van der Waals surface area contributed by atoms with Crippen molar-refractivity contribution in [2.45, 2.75) is 0 Å². The summed E-state index contributed by atoms with van der Waals surface area (Å²) < 4.78 is 0. The molecule has 0 bridgehead atoms. The normalized spacial score (nSPS) is 15.5. The number of hydrogen-bond acceptors (Lipinski definition) is 4. The van der Waals surface area contributed by atoms with Crippen LogP contribution >= 0.6 is 0 Å². The number of aromatic nitrogens is 1. The van der Waals surface area contributed by atoms with Gasteiger partial charge in [-0.3, -0.25) is 4.79 Å². The number of piperazine rings is 1. The molecule has 0 unspecified atom stereocenters. The van der Waals surface area contributed by atoms with E-state index in [9.17, 15) is 4.79 Å². The van der Waals surface area contributed by atoms with E-state index in [2.05, 4.69) is 21.8 Å². The van der Waals surface area contributed by atoms with Crippen molar-refractivity contribution in [2.24, 2.45) is 0 Å². The van der Waals surface area contributed by atoms with Crippen molar-refractivity contribution >= 4 is 17.4 Å². The highest BCUT2D eigenvalue weighted by Crippen LogP contribution is 2.17. The molecule has 0 radical (unpaired) electrons. The first-order chi connectivity index (χ1) is 11.1. The summed E-state index contributed by atoms with van der Waals surface area (Å²) in [4.78, 5) is 23.4. The van der Waals surface area contributed by atoms with E-state index < -0.39 is 0 Å². The van der Waals surface area contributed by atoms with Crippen LogP contribution in [-0.4, -0.2) is 56.1 Å². The average molecular weight is 310 g/mol. The van der Waals surface area contributed by atoms with Gasteiger partial charge in [-0.25, -0.2) is 4.98 Å². The van der Waals surface area contributed by atoms with Crippen LogP contribution in [0.5, 0.6) is 0 Å². The zero-order valence-corrected chi connectivity index (χ0v) is 13.6. The third kappa shape index (κ3) is 3.51. The number of benzene rings is 1. The molecule has 1 aliphatic heterocycles. The molecule has 0 N–H and O–H groups in total. The topological polar surface area (TPSA) is 39.7 Å². The van der Waals surface area contributed by atoms with E-state index in [-0.39, 0.29) is 5.91 Å². The van der Waals surface area contributed by atoms with E-state index in [1.165, 1.54) is 0 Å². The van der Waals surface area contributed by atoms with Crippen LogP contribution in [0.3, 0.4) is 0 Å². The highest BCUT2D eigenvalue weighted by atomic mass is 16.2. The quantitative estimate of drug-likeness (QED) is 0.870. The molecule has 1 amide bonds. The summed E-state index contributed by atoms with van der Waals surface area (Å²) >= 11 is 0. The van der Waals surface area contributed by atoms with Crippen LogP contribution in [-0.2, 0) is 0 Å². The lowest BCUT2D eigenvalue weighted by molar-refractivity contribution is 0.0988. The molecule has 0 spiro atoms. The van der Waals surface area contributed by atoms with Crippen molar-refractivity contribution in [2.75, 3.05) is 50.1 Å². The van der Waals surface area contributed by atoms with Crippen LogP contribution in [0.4, 0.5) is 11.5 Å². The number of likely N-dealkylation sites (N-methyl/N-ethyl adjacent to an activating group) is 1. The Balaban J connectivity index is 1.78. The Labute approximate surface area is 137 Å². The Kier molecular flexibility index (Phi) is 4.57. The Morgan fingerprint density at radius 2 is 1.70 bits per heavy atom. The van der Waals surface area contributed by atoms with Crippen LogP contribution in [0.1, 0.15) is 10.5 Å². The molecule has 1 aromatic heterocycles. The lowest BCUT2D eigenvalue weighted by Crippen LogP contribution is -2.45. The van der Waals surface area contributed by atoms with Gasteiger partial charge in [-0.2, -0.15) is 0 Å². The molecule has 1 fully saturated rings. The van der Waals surface area contributed by atoms with E-state index in [1.54, 1.807) is 18.0 Å². The highest BCUT2D eigenvalue weighted by Gasteiger charge is 2.19. The Hall–Kier alpha value is -2.40. The van der Waals surface area contributed by atoms with Crippen LogP contribution in [0.15, 0.2) is 48.5 Å². The average Bonchev–Trinajstić information content (AvgIpc) is 2.62. The first kappa shape index (κ1) is 15.5. The molecule has 5 heteroatoms. The predicted molar refractivity (Wildman–Crippen MR) is 93.1 cm³/mol. The molecular formula is C18H22N4O. The Morgan fingerprint density at radius 3 is 2.39 bits per heavy atom. The fraction of sp³-hybridized carbons (Fsp3) is 0.333. The first-order valence-electron chi connectivity index (χ1n) is 7.89. The summed E-state index contributed by atoms with van der Waals surface area (Å²) in [5.41, 5.74) is 1.34. The minimum absolute atomic E-state index is 0.0906. The number of pyridine rings is 1. The molecule has 1 saturated heterocycles. The van der Waals surface area contributed by atoms with Crippen molar-refractivity contribution in [3.05, 3.63) is 54.2 Å². The molecule has 23 heavy (non-hydrogen) atoms. The largest absolute Gasteiger partial charge is 0.354 e. The molecule has 0 aliphatic carbocycles. The van der Waals surface area contributed by atoms with Crippen LogP contribution in [0, 0.1) is 0 Å². The van der Waals surface area contributed by atoms with E-state index in [1.807, 2.05) is 42.5 Å². The van der Waals surface area contributed by atoms with Crippen molar-refractivity contribution < 1.29 is 4.79 Å². The summed E-state index contributed by atoms with van der Waals surface area (Å²) in [6.45, 7) is 3.92. The number of rotatable bonds is 3. The van der Waals surface area contributed by atoms with Crippen LogP contribution in [0.2, 0.25) is 0 Å². The van der Waals surface area contributed by atoms with E-state index >= 15 is 0 Å². The number of hydrogen-bond donors (Lipinski definition) is 0. The van der Waals surface area contributed by atoms with Gasteiger partial charge >= 0.3 is 0 Å². The third-order valence-electron chi connectivity index (χ3n) is 4.23. The van der Waals surface area contributed by atoms with Gasteiger partial charge in [-0.15, -0.1) is 0 Å². The highest BCUT2D eigenvalue weighted by molar-refractivity contribution is 6.04. The second-order valence-corrected chi connectivity index (χ2v) is 5.87. The number of nitrogens with zero attached hydrogens (tertiary/aromatic N) is 4. The smallest absolute Gasteiger partial charge is 0.276 e. The van der Waals surface area contributed by atoms with Crippen LogP contribution in [0.25, 0.3) is 0 Å². The number of carbonyl (C=O) groups is 1.